The molecule has 116 valence electrons. The number of fused-ring (bicyclic) bond motifs is 1. The van der Waals surface area contributed by atoms with Gasteiger partial charge in [-0.3, -0.25) is 0 Å². The quantitative estimate of drug-likeness (QED) is 0.895. The number of benzene rings is 1. The van der Waals surface area contributed by atoms with Crippen LogP contribution in [0.1, 0.15) is 50.5 Å². The second kappa shape index (κ2) is 6.37. The number of hydrogen-bond donors (Lipinski definition) is 2. The van der Waals surface area contributed by atoms with Crippen molar-refractivity contribution in [3.63, 3.8) is 0 Å². The Morgan fingerprint density at radius 2 is 2.00 bits per heavy atom. The van der Waals surface area contributed by atoms with Crippen LogP contribution in [0, 0.1) is 5.92 Å². The Labute approximate surface area is 127 Å². The zero-order chi connectivity index (χ0) is 14.7. The summed E-state index contributed by atoms with van der Waals surface area (Å²) in [7, 11) is 0. The molecule has 1 aromatic rings. The van der Waals surface area contributed by atoms with Gasteiger partial charge in [-0.2, -0.15) is 0 Å². The average molecular weight is 289 g/mol. The Hall–Kier alpha value is -1.06. The number of aliphatic hydroxyl groups is 1. The molecule has 1 aliphatic heterocycles. The molecule has 0 saturated heterocycles. The molecule has 0 amide bonds. The lowest BCUT2D eigenvalue weighted by atomic mass is 9.77. The molecule has 1 aromatic carbocycles. The molecule has 2 aliphatic rings. The highest BCUT2D eigenvalue weighted by atomic mass is 16.5. The van der Waals surface area contributed by atoms with E-state index < -0.39 is 0 Å². The fraction of sp³-hybridized carbons (Fsp3) is 0.667. The van der Waals surface area contributed by atoms with Crippen LogP contribution in [0.25, 0.3) is 0 Å². The molecule has 3 rings (SSSR count). The van der Waals surface area contributed by atoms with E-state index >= 15 is 0 Å². The van der Waals surface area contributed by atoms with Crippen molar-refractivity contribution in [2.45, 2.75) is 50.5 Å². The third kappa shape index (κ3) is 3.24. The maximum absolute atomic E-state index is 9.87. The van der Waals surface area contributed by atoms with Crippen LogP contribution in [0.2, 0.25) is 0 Å². The largest absolute Gasteiger partial charge is 0.493 e. The molecule has 0 spiro atoms. The lowest BCUT2D eigenvalue weighted by molar-refractivity contribution is 0.102. The van der Waals surface area contributed by atoms with Gasteiger partial charge in [0.05, 0.1) is 13.2 Å². The first kappa shape index (κ1) is 14.9. The highest BCUT2D eigenvalue weighted by Gasteiger charge is 2.34. The molecule has 1 unspecified atom stereocenters. The second-order valence-corrected chi connectivity index (χ2v) is 6.87. The van der Waals surface area contributed by atoms with E-state index in [0.29, 0.717) is 5.92 Å². The standard InChI is InChI=1S/C18H27NO2/c1-14-6-9-18(13-20,10-7-14)19-12-15-8-11-21-17-5-3-2-4-16(15)17/h2-5,14-15,19-20H,6-13H2,1H3. The summed E-state index contributed by atoms with van der Waals surface area (Å²) in [5.74, 6) is 2.33. The minimum atomic E-state index is -0.0558. The van der Waals surface area contributed by atoms with E-state index in [9.17, 15) is 5.11 Å². The molecular formula is C18H27NO2. The van der Waals surface area contributed by atoms with Crippen LogP contribution >= 0.6 is 0 Å². The zero-order valence-corrected chi connectivity index (χ0v) is 13.0. The molecule has 1 heterocycles. The predicted molar refractivity (Wildman–Crippen MR) is 84.7 cm³/mol. The molecule has 2 N–H and O–H groups in total. The van der Waals surface area contributed by atoms with Gasteiger partial charge in [0.1, 0.15) is 5.75 Å². The van der Waals surface area contributed by atoms with Gasteiger partial charge < -0.3 is 15.2 Å². The lowest BCUT2D eigenvalue weighted by Gasteiger charge is -2.40. The van der Waals surface area contributed by atoms with Crippen molar-refractivity contribution < 1.29 is 9.84 Å². The number of nitrogens with one attached hydrogen (secondary N) is 1. The monoisotopic (exact) mass is 289 g/mol. The predicted octanol–water partition coefficient (Wildman–Crippen LogP) is 3.08. The first-order valence-electron chi connectivity index (χ1n) is 8.30. The molecule has 21 heavy (non-hydrogen) atoms. The van der Waals surface area contributed by atoms with E-state index in [1.807, 2.05) is 6.07 Å². The Bertz CT molecular complexity index is 466. The molecule has 1 fully saturated rings. The van der Waals surface area contributed by atoms with E-state index in [1.165, 1.54) is 18.4 Å². The van der Waals surface area contributed by atoms with Crippen molar-refractivity contribution >= 4 is 0 Å². The third-order valence-electron chi connectivity index (χ3n) is 5.34. The molecule has 1 atom stereocenters. The van der Waals surface area contributed by atoms with Crippen LogP contribution in [-0.2, 0) is 0 Å². The molecule has 0 bridgehead atoms. The lowest BCUT2D eigenvalue weighted by Crippen LogP contribution is -2.52. The SMILES string of the molecule is CC1CCC(CO)(NCC2CCOc3ccccc32)CC1. The summed E-state index contributed by atoms with van der Waals surface area (Å²) in [5.41, 5.74) is 1.26. The van der Waals surface area contributed by atoms with Gasteiger partial charge in [0.2, 0.25) is 0 Å². The number of ether oxygens (including phenoxy) is 1. The summed E-state index contributed by atoms with van der Waals surface area (Å²) in [5, 5.41) is 13.6. The van der Waals surface area contributed by atoms with E-state index in [2.05, 4.69) is 30.4 Å². The maximum atomic E-state index is 9.87. The Morgan fingerprint density at radius 3 is 2.76 bits per heavy atom. The molecule has 0 radical (unpaired) electrons. The van der Waals surface area contributed by atoms with Crippen LogP contribution in [0.15, 0.2) is 24.3 Å². The van der Waals surface area contributed by atoms with Crippen molar-refractivity contribution in [2.24, 2.45) is 5.92 Å². The molecule has 1 aliphatic carbocycles. The molecule has 1 saturated carbocycles. The Morgan fingerprint density at radius 1 is 1.24 bits per heavy atom. The summed E-state index contributed by atoms with van der Waals surface area (Å²) in [4.78, 5) is 0. The molecule has 3 nitrogen and oxygen atoms in total. The van der Waals surface area contributed by atoms with Gasteiger partial charge in [-0.1, -0.05) is 25.1 Å². The van der Waals surface area contributed by atoms with Crippen LogP contribution < -0.4 is 10.1 Å². The third-order valence-corrected chi connectivity index (χ3v) is 5.34. The second-order valence-electron chi connectivity index (χ2n) is 6.87. The number of aliphatic hydroxyl groups excluding tert-OH is 1. The van der Waals surface area contributed by atoms with Gasteiger partial charge in [-0.05, 0) is 49.7 Å². The maximum Gasteiger partial charge on any atom is 0.122 e. The smallest absolute Gasteiger partial charge is 0.122 e. The summed E-state index contributed by atoms with van der Waals surface area (Å²) >= 11 is 0. The summed E-state index contributed by atoms with van der Waals surface area (Å²) in [6.07, 6.45) is 5.68. The Kier molecular flexibility index (Phi) is 4.51. The van der Waals surface area contributed by atoms with Crippen LogP contribution in [0.5, 0.6) is 5.75 Å². The minimum Gasteiger partial charge on any atom is -0.493 e. The van der Waals surface area contributed by atoms with Crippen LogP contribution in [0.4, 0.5) is 0 Å². The highest BCUT2D eigenvalue weighted by molar-refractivity contribution is 5.38. The van der Waals surface area contributed by atoms with Crippen molar-refractivity contribution in [3.05, 3.63) is 29.8 Å². The average Bonchev–Trinajstić information content (AvgIpc) is 2.55. The fourth-order valence-electron chi connectivity index (χ4n) is 3.67. The van der Waals surface area contributed by atoms with Gasteiger partial charge in [-0.15, -0.1) is 0 Å². The normalized spacial score (nSPS) is 32.3. The van der Waals surface area contributed by atoms with Gasteiger partial charge in [-0.25, -0.2) is 0 Å². The van der Waals surface area contributed by atoms with Gasteiger partial charge in [0, 0.05) is 18.0 Å². The first-order valence-corrected chi connectivity index (χ1v) is 8.30. The molecular weight excluding hydrogens is 262 g/mol. The van der Waals surface area contributed by atoms with E-state index in [4.69, 9.17) is 4.74 Å². The van der Waals surface area contributed by atoms with Crippen molar-refractivity contribution in [1.29, 1.82) is 0 Å². The first-order chi connectivity index (χ1) is 10.2. The van der Waals surface area contributed by atoms with Crippen LogP contribution in [-0.4, -0.2) is 30.4 Å². The van der Waals surface area contributed by atoms with Gasteiger partial charge >= 0.3 is 0 Å². The summed E-state index contributed by atoms with van der Waals surface area (Å²) < 4.78 is 5.73. The Balaban J connectivity index is 1.65. The number of rotatable bonds is 4. The van der Waals surface area contributed by atoms with E-state index in [0.717, 1.165) is 44.1 Å². The summed E-state index contributed by atoms with van der Waals surface area (Å²) in [6, 6.07) is 8.36. The van der Waals surface area contributed by atoms with Crippen molar-refractivity contribution in [3.8, 4) is 5.75 Å². The minimum absolute atomic E-state index is 0.0558. The van der Waals surface area contributed by atoms with Gasteiger partial charge in [0.15, 0.2) is 0 Å². The highest BCUT2D eigenvalue weighted by Crippen LogP contribution is 2.35. The summed E-state index contributed by atoms with van der Waals surface area (Å²) in [6.45, 7) is 4.31. The molecule has 0 aromatic heterocycles. The number of hydrogen-bond acceptors (Lipinski definition) is 3. The van der Waals surface area contributed by atoms with E-state index in [-0.39, 0.29) is 12.1 Å². The van der Waals surface area contributed by atoms with E-state index in [1.54, 1.807) is 0 Å². The number of para-hydroxylation sites is 1. The van der Waals surface area contributed by atoms with Crippen molar-refractivity contribution in [1.82, 2.24) is 5.32 Å². The fourth-order valence-corrected chi connectivity index (χ4v) is 3.67. The van der Waals surface area contributed by atoms with Crippen molar-refractivity contribution in [2.75, 3.05) is 19.8 Å². The van der Waals surface area contributed by atoms with Gasteiger partial charge in [0.25, 0.3) is 0 Å². The zero-order valence-electron chi connectivity index (χ0n) is 13.0. The molecule has 3 heteroatoms. The topological polar surface area (TPSA) is 41.5 Å². The van der Waals surface area contributed by atoms with Crippen LogP contribution in [0.3, 0.4) is 0 Å².